The second-order valence-electron chi connectivity index (χ2n) is 5.76. The molecule has 24 heavy (non-hydrogen) atoms. The third-order valence-corrected chi connectivity index (χ3v) is 5.83. The van der Waals surface area contributed by atoms with Crippen LogP contribution in [0.3, 0.4) is 0 Å². The number of carbonyl (C=O) groups excluding carboxylic acids is 1. The molecule has 1 aliphatic rings. The predicted octanol–water partition coefficient (Wildman–Crippen LogP) is 0.494. The van der Waals surface area contributed by atoms with Gasteiger partial charge in [-0.15, -0.1) is 0 Å². The van der Waals surface area contributed by atoms with Crippen LogP contribution in [0.25, 0.3) is 11.3 Å². The molecule has 1 aromatic heterocycles. The van der Waals surface area contributed by atoms with Crippen LogP contribution >= 0.6 is 0 Å². The van der Waals surface area contributed by atoms with Crippen molar-refractivity contribution < 1.29 is 22.9 Å². The molecule has 2 heterocycles. The Bertz CT molecular complexity index is 834. The third kappa shape index (κ3) is 3.32. The Hall–Kier alpha value is -2.23. The zero-order chi connectivity index (χ0) is 17.2. The molecular formula is C15H17N3O5S. The smallest absolute Gasteiger partial charge is 0.264 e. The van der Waals surface area contributed by atoms with Crippen molar-refractivity contribution in [2.45, 2.75) is 18.5 Å². The predicted molar refractivity (Wildman–Crippen MR) is 84.7 cm³/mol. The van der Waals surface area contributed by atoms with E-state index in [-0.39, 0.29) is 24.5 Å². The van der Waals surface area contributed by atoms with Gasteiger partial charge in [0.1, 0.15) is 11.2 Å². The molecule has 1 aromatic carbocycles. The van der Waals surface area contributed by atoms with Gasteiger partial charge in [-0.2, -0.15) is 0 Å². The van der Waals surface area contributed by atoms with Crippen LogP contribution in [0.15, 0.2) is 40.9 Å². The summed E-state index contributed by atoms with van der Waals surface area (Å²) < 4.78 is 28.7. The molecule has 1 aliphatic heterocycles. The summed E-state index contributed by atoms with van der Waals surface area (Å²) in [5.74, 6) is -0.792. The zero-order valence-corrected chi connectivity index (χ0v) is 13.5. The summed E-state index contributed by atoms with van der Waals surface area (Å²) >= 11 is 0. The van der Waals surface area contributed by atoms with Gasteiger partial charge in [0, 0.05) is 11.6 Å². The molecule has 3 N–H and O–H groups in total. The van der Waals surface area contributed by atoms with Crippen LogP contribution in [-0.4, -0.2) is 41.7 Å². The lowest BCUT2D eigenvalue weighted by Gasteiger charge is -2.25. The maximum Gasteiger partial charge on any atom is 0.264 e. The lowest BCUT2D eigenvalue weighted by molar-refractivity contribution is -0.135. The summed E-state index contributed by atoms with van der Waals surface area (Å²) in [7, 11) is -3.33. The number of hydroxylamine groups is 1. The molecule has 1 fully saturated rings. The van der Waals surface area contributed by atoms with Gasteiger partial charge in [-0.3, -0.25) is 15.3 Å². The Kier molecular flexibility index (Phi) is 4.39. The first-order valence-electron chi connectivity index (χ1n) is 7.35. The summed E-state index contributed by atoms with van der Waals surface area (Å²) in [6.45, 7) is 0.114. The summed E-state index contributed by atoms with van der Waals surface area (Å²) in [6.07, 6.45) is 0.0847. The van der Waals surface area contributed by atoms with Crippen LogP contribution in [0.4, 0.5) is 0 Å². The monoisotopic (exact) mass is 351 g/mol. The molecule has 1 amide bonds. The molecule has 0 aliphatic carbocycles. The van der Waals surface area contributed by atoms with Crippen LogP contribution in [0.2, 0.25) is 0 Å². The van der Waals surface area contributed by atoms with Gasteiger partial charge in [-0.05, 0) is 6.42 Å². The molecule has 2 aromatic rings. The van der Waals surface area contributed by atoms with E-state index < -0.39 is 21.3 Å². The van der Waals surface area contributed by atoms with E-state index in [1.807, 2.05) is 30.3 Å². The average Bonchev–Trinajstić information content (AvgIpc) is 3.18. The molecule has 0 bridgehead atoms. The van der Waals surface area contributed by atoms with Crippen molar-refractivity contribution in [2.24, 2.45) is 0 Å². The second kappa shape index (κ2) is 6.34. The van der Waals surface area contributed by atoms with Crippen LogP contribution in [0.5, 0.6) is 0 Å². The number of sulfone groups is 1. The standard InChI is InChI=1S/C15H17N3O5S/c19-14(17-20)15(6-7-24(21,22)10-15)16-9-12-8-13(18-23-12)11-4-2-1-3-5-11/h1-5,8,16,20H,6-7,9-10H2,(H,17,19). The van der Waals surface area contributed by atoms with Gasteiger partial charge in [0.15, 0.2) is 15.6 Å². The van der Waals surface area contributed by atoms with Crippen LogP contribution in [-0.2, 0) is 21.2 Å². The minimum Gasteiger partial charge on any atom is -0.359 e. The first-order valence-corrected chi connectivity index (χ1v) is 9.17. The number of hydrogen-bond acceptors (Lipinski definition) is 7. The van der Waals surface area contributed by atoms with Gasteiger partial charge in [0.05, 0.1) is 18.1 Å². The molecule has 3 rings (SSSR count). The number of rotatable bonds is 5. The van der Waals surface area contributed by atoms with Crippen molar-refractivity contribution in [1.29, 1.82) is 0 Å². The van der Waals surface area contributed by atoms with Crippen LogP contribution in [0.1, 0.15) is 12.2 Å². The minimum atomic E-state index is -3.33. The van der Waals surface area contributed by atoms with Crippen molar-refractivity contribution in [2.75, 3.05) is 11.5 Å². The van der Waals surface area contributed by atoms with E-state index in [4.69, 9.17) is 9.73 Å². The SMILES string of the molecule is O=C(NO)C1(NCc2cc(-c3ccccc3)no2)CCS(=O)(=O)C1. The van der Waals surface area contributed by atoms with Crippen molar-refractivity contribution in [3.05, 3.63) is 42.2 Å². The Morgan fingerprint density at radius 3 is 2.71 bits per heavy atom. The highest BCUT2D eigenvalue weighted by Gasteiger charge is 2.48. The maximum atomic E-state index is 11.9. The van der Waals surface area contributed by atoms with Gasteiger partial charge in [0.2, 0.25) is 0 Å². The van der Waals surface area contributed by atoms with E-state index >= 15 is 0 Å². The van der Waals surface area contributed by atoms with E-state index in [1.165, 1.54) is 0 Å². The molecular weight excluding hydrogens is 334 g/mol. The van der Waals surface area contributed by atoms with E-state index in [0.29, 0.717) is 11.5 Å². The van der Waals surface area contributed by atoms with E-state index in [1.54, 1.807) is 11.5 Å². The first kappa shape index (κ1) is 16.6. The molecule has 1 unspecified atom stereocenters. The highest BCUT2D eigenvalue weighted by atomic mass is 32.2. The summed E-state index contributed by atoms with van der Waals surface area (Å²) in [6, 6.07) is 11.1. The molecule has 9 heteroatoms. The Labute approximate surface area is 138 Å². The number of aromatic nitrogens is 1. The second-order valence-corrected chi connectivity index (χ2v) is 7.95. The van der Waals surface area contributed by atoms with Crippen molar-refractivity contribution in [1.82, 2.24) is 16.0 Å². The lowest BCUT2D eigenvalue weighted by Crippen LogP contribution is -2.57. The summed E-state index contributed by atoms with van der Waals surface area (Å²) in [5.41, 5.74) is 1.71. The maximum absolute atomic E-state index is 11.9. The topological polar surface area (TPSA) is 122 Å². The number of nitrogens with zero attached hydrogens (tertiary/aromatic N) is 1. The van der Waals surface area contributed by atoms with Crippen LogP contribution in [0, 0.1) is 0 Å². The van der Waals surface area contributed by atoms with Crippen molar-refractivity contribution >= 4 is 15.7 Å². The number of amides is 1. The van der Waals surface area contributed by atoms with Gasteiger partial charge < -0.3 is 4.52 Å². The van der Waals surface area contributed by atoms with Gasteiger partial charge in [0.25, 0.3) is 5.91 Å². The molecule has 0 radical (unpaired) electrons. The zero-order valence-electron chi connectivity index (χ0n) is 12.7. The summed E-state index contributed by atoms with van der Waals surface area (Å²) in [5, 5.41) is 15.8. The van der Waals surface area contributed by atoms with Gasteiger partial charge in [-0.1, -0.05) is 35.5 Å². The number of hydrogen-bond donors (Lipinski definition) is 3. The molecule has 0 saturated carbocycles. The number of benzene rings is 1. The normalized spacial score (nSPS) is 22.4. The quantitative estimate of drug-likeness (QED) is 0.529. The number of carbonyl (C=O) groups is 1. The fraction of sp³-hybridized carbons (Fsp3) is 0.333. The molecule has 128 valence electrons. The molecule has 1 atom stereocenters. The van der Waals surface area contributed by atoms with Gasteiger partial charge >= 0.3 is 0 Å². The highest BCUT2D eigenvalue weighted by Crippen LogP contribution is 2.25. The Balaban J connectivity index is 1.74. The Morgan fingerprint density at radius 1 is 1.33 bits per heavy atom. The highest BCUT2D eigenvalue weighted by molar-refractivity contribution is 7.91. The van der Waals surface area contributed by atoms with E-state index in [0.717, 1.165) is 5.56 Å². The van der Waals surface area contributed by atoms with Crippen molar-refractivity contribution in [3.8, 4) is 11.3 Å². The third-order valence-electron chi connectivity index (χ3n) is 4.07. The fourth-order valence-electron chi connectivity index (χ4n) is 2.75. The average molecular weight is 351 g/mol. The van der Waals surface area contributed by atoms with E-state index in [9.17, 15) is 13.2 Å². The fourth-order valence-corrected chi connectivity index (χ4v) is 4.68. The van der Waals surface area contributed by atoms with E-state index in [2.05, 4.69) is 10.5 Å². The largest absolute Gasteiger partial charge is 0.359 e. The Morgan fingerprint density at radius 2 is 2.08 bits per heavy atom. The lowest BCUT2D eigenvalue weighted by atomic mass is 9.98. The molecule has 0 spiro atoms. The minimum absolute atomic E-state index is 0.0847. The first-order chi connectivity index (χ1) is 11.4. The molecule has 8 nitrogen and oxygen atoms in total. The van der Waals surface area contributed by atoms with Crippen LogP contribution < -0.4 is 10.8 Å². The van der Waals surface area contributed by atoms with Gasteiger partial charge in [-0.25, -0.2) is 13.9 Å². The van der Waals surface area contributed by atoms with Crippen molar-refractivity contribution in [3.63, 3.8) is 0 Å². The molecule has 1 saturated heterocycles. The number of nitrogens with one attached hydrogen (secondary N) is 2. The summed E-state index contributed by atoms with van der Waals surface area (Å²) in [4.78, 5) is 11.9.